The second-order valence-electron chi connectivity index (χ2n) is 10.4. The quantitative estimate of drug-likeness (QED) is 0.520. The molecule has 3 N–H and O–H groups in total. The first-order chi connectivity index (χ1) is 17.7. The molecule has 2 aromatic carbocycles. The number of carbonyl (C=O) groups excluding carboxylic acids is 2. The maximum atomic E-state index is 13.5. The first-order valence-electron chi connectivity index (χ1n) is 12.5. The maximum absolute atomic E-state index is 13.5. The molecule has 9 nitrogen and oxygen atoms in total. The van der Waals surface area contributed by atoms with Crippen LogP contribution in [0.1, 0.15) is 42.6 Å². The molecule has 6 atom stereocenters. The predicted octanol–water partition coefficient (Wildman–Crippen LogP) is 1.88. The van der Waals surface area contributed by atoms with Crippen LogP contribution in [0, 0.1) is 0 Å². The van der Waals surface area contributed by atoms with E-state index in [1.165, 1.54) is 6.92 Å². The van der Waals surface area contributed by atoms with E-state index in [1.807, 2.05) is 13.1 Å². The van der Waals surface area contributed by atoms with Crippen molar-refractivity contribution >= 4 is 11.9 Å². The number of aromatic hydroxyl groups is 1. The summed E-state index contributed by atoms with van der Waals surface area (Å²) >= 11 is 0. The van der Waals surface area contributed by atoms with Crippen LogP contribution < -0.4 is 4.74 Å². The topological polar surface area (TPSA) is 126 Å². The highest BCUT2D eigenvalue weighted by Crippen LogP contribution is 2.65. The zero-order valence-corrected chi connectivity index (χ0v) is 20.6. The van der Waals surface area contributed by atoms with Gasteiger partial charge in [0.15, 0.2) is 17.6 Å². The van der Waals surface area contributed by atoms with Crippen molar-refractivity contribution in [2.24, 2.45) is 0 Å². The monoisotopic (exact) mass is 507 g/mol. The van der Waals surface area contributed by atoms with Gasteiger partial charge in [-0.25, -0.2) is 9.59 Å². The average Bonchev–Trinajstić information content (AvgIpc) is 3.24. The molecule has 1 spiro atoms. The van der Waals surface area contributed by atoms with E-state index in [1.54, 1.807) is 42.5 Å². The minimum absolute atomic E-state index is 0.0269. The summed E-state index contributed by atoms with van der Waals surface area (Å²) in [7, 11) is 1.99. The molecule has 2 heterocycles. The fraction of sp³-hybridized carbons (Fsp3) is 0.429. The van der Waals surface area contributed by atoms with Gasteiger partial charge in [-0.05, 0) is 51.1 Å². The Bertz CT molecular complexity index is 1310. The molecule has 1 fully saturated rings. The highest BCUT2D eigenvalue weighted by molar-refractivity contribution is 5.83. The molecule has 2 aliphatic heterocycles. The molecule has 194 valence electrons. The number of aliphatic hydroxyl groups excluding tert-OH is 1. The Morgan fingerprint density at radius 1 is 1.16 bits per heavy atom. The van der Waals surface area contributed by atoms with E-state index in [0.29, 0.717) is 30.7 Å². The molecule has 1 saturated heterocycles. The van der Waals surface area contributed by atoms with E-state index in [9.17, 15) is 24.9 Å². The molecule has 2 bridgehead atoms. The number of hydrogen-bond donors (Lipinski definition) is 3. The Morgan fingerprint density at radius 2 is 1.92 bits per heavy atom. The van der Waals surface area contributed by atoms with Crippen LogP contribution in [0.5, 0.6) is 11.5 Å². The highest BCUT2D eigenvalue weighted by Gasteiger charge is 2.72. The number of benzene rings is 2. The number of likely N-dealkylation sites (tertiary alicyclic amines) is 1. The molecular formula is C28H29NO8. The Labute approximate surface area is 213 Å². The Kier molecular flexibility index (Phi) is 5.38. The number of phenolic OH excluding ortho intramolecular Hbond substituents is 1. The largest absolute Gasteiger partial charge is 0.504 e. The number of likely N-dealkylation sites (N-methyl/N-ethyl adjacent to an activating group) is 1. The maximum Gasteiger partial charge on any atom is 0.357 e. The van der Waals surface area contributed by atoms with Gasteiger partial charge in [0.05, 0.1) is 11.0 Å². The molecule has 2 aliphatic carbocycles. The summed E-state index contributed by atoms with van der Waals surface area (Å²) in [6, 6.07) is 11.7. The van der Waals surface area contributed by atoms with Crippen molar-refractivity contribution < 1.29 is 39.1 Å². The molecule has 0 amide bonds. The number of ether oxygens (including phenoxy) is 3. The third-order valence-electron chi connectivity index (χ3n) is 8.46. The fourth-order valence-electron chi connectivity index (χ4n) is 6.70. The molecule has 37 heavy (non-hydrogen) atoms. The fourth-order valence-corrected chi connectivity index (χ4v) is 6.70. The summed E-state index contributed by atoms with van der Waals surface area (Å²) in [5.74, 6) is -1.32. The van der Waals surface area contributed by atoms with Gasteiger partial charge in [-0.3, -0.25) is 0 Å². The van der Waals surface area contributed by atoms with E-state index < -0.39 is 41.3 Å². The van der Waals surface area contributed by atoms with Crippen LogP contribution in [-0.2, 0) is 30.9 Å². The lowest BCUT2D eigenvalue weighted by molar-refractivity contribution is -0.178. The number of piperidine rings is 1. The number of phenols is 1. The van der Waals surface area contributed by atoms with Gasteiger partial charge in [0.25, 0.3) is 0 Å². The molecule has 6 rings (SSSR count). The van der Waals surface area contributed by atoms with Crippen molar-refractivity contribution in [3.63, 3.8) is 0 Å². The van der Waals surface area contributed by atoms with Crippen LogP contribution in [-0.4, -0.2) is 69.6 Å². The average molecular weight is 508 g/mol. The van der Waals surface area contributed by atoms with Crippen LogP contribution in [0.15, 0.2) is 54.3 Å². The summed E-state index contributed by atoms with van der Waals surface area (Å²) in [5.41, 5.74) is 0.0716. The van der Waals surface area contributed by atoms with Gasteiger partial charge in [-0.1, -0.05) is 36.4 Å². The second kappa shape index (κ2) is 8.31. The normalized spacial score (nSPS) is 30.9. The Hall–Kier alpha value is -3.40. The van der Waals surface area contributed by atoms with Crippen LogP contribution in [0.2, 0.25) is 0 Å². The van der Waals surface area contributed by atoms with Crippen LogP contribution in [0.25, 0.3) is 0 Å². The van der Waals surface area contributed by atoms with E-state index in [0.717, 1.165) is 11.1 Å². The standard InChI is InChI=1S/C28H29NO8/c1-15(30)25(32)37-22(16-6-4-3-5-7-16)26(33)35-19-10-11-28(34)20-14-17-8-9-18(31)23-21(17)27(28,24(19)36-23)12-13-29(20)2/h3-10,15,20,22,24,30-31,34H,11-14H2,1-2H3/t15?,20-,22?,24+,27+,28-/m1/s1. The van der Waals surface area contributed by atoms with Crippen molar-refractivity contribution in [3.05, 3.63) is 71.0 Å². The number of nitrogens with zero attached hydrogens (tertiary/aromatic N) is 1. The molecule has 0 saturated carbocycles. The number of esters is 2. The van der Waals surface area contributed by atoms with Gasteiger partial charge in [0.1, 0.15) is 11.9 Å². The van der Waals surface area contributed by atoms with Crippen molar-refractivity contribution in [1.29, 1.82) is 0 Å². The molecule has 2 aromatic rings. The first kappa shape index (κ1) is 24.0. The van der Waals surface area contributed by atoms with Crippen molar-refractivity contribution in [1.82, 2.24) is 4.90 Å². The van der Waals surface area contributed by atoms with Gasteiger partial charge < -0.3 is 34.4 Å². The number of hydrogen-bond acceptors (Lipinski definition) is 9. The van der Waals surface area contributed by atoms with Gasteiger partial charge in [0.2, 0.25) is 6.10 Å². The van der Waals surface area contributed by atoms with E-state index >= 15 is 0 Å². The Morgan fingerprint density at radius 3 is 2.65 bits per heavy atom. The third-order valence-corrected chi connectivity index (χ3v) is 8.46. The summed E-state index contributed by atoms with van der Waals surface area (Å²) in [6.07, 6.45) is -0.638. The van der Waals surface area contributed by atoms with Crippen LogP contribution in [0.3, 0.4) is 0 Å². The number of carbonyl (C=O) groups is 2. The Balaban J connectivity index is 1.39. The lowest BCUT2D eigenvalue weighted by atomic mass is 9.50. The van der Waals surface area contributed by atoms with Gasteiger partial charge in [-0.2, -0.15) is 0 Å². The molecular weight excluding hydrogens is 478 g/mol. The SMILES string of the molecule is CC(O)C(=O)OC(C(=O)OC1=CC[C@@]2(O)[C@H]3Cc4ccc(O)c5c4[C@@]2(CCN3C)[C@H]1O5)c1ccccc1. The summed E-state index contributed by atoms with van der Waals surface area (Å²) in [4.78, 5) is 27.8. The van der Waals surface area contributed by atoms with E-state index in [-0.39, 0.29) is 24.0 Å². The zero-order chi connectivity index (χ0) is 26.1. The predicted molar refractivity (Wildman–Crippen MR) is 130 cm³/mol. The van der Waals surface area contributed by atoms with Gasteiger partial charge in [-0.15, -0.1) is 0 Å². The third kappa shape index (κ3) is 3.27. The molecule has 0 aromatic heterocycles. The number of rotatable bonds is 5. The summed E-state index contributed by atoms with van der Waals surface area (Å²) in [5, 5.41) is 32.5. The lowest BCUT2D eigenvalue weighted by Gasteiger charge is -2.61. The highest BCUT2D eigenvalue weighted by atomic mass is 16.6. The van der Waals surface area contributed by atoms with Gasteiger partial charge in [0, 0.05) is 23.6 Å². The van der Waals surface area contributed by atoms with Crippen molar-refractivity contribution in [2.75, 3.05) is 13.6 Å². The summed E-state index contributed by atoms with van der Waals surface area (Å²) in [6.45, 7) is 1.95. The molecule has 2 unspecified atom stereocenters. The first-order valence-corrected chi connectivity index (χ1v) is 12.5. The molecule has 0 radical (unpaired) electrons. The van der Waals surface area contributed by atoms with Crippen molar-refractivity contribution in [2.45, 2.75) is 61.6 Å². The number of aliphatic hydroxyl groups is 2. The van der Waals surface area contributed by atoms with E-state index in [2.05, 4.69) is 4.90 Å². The van der Waals surface area contributed by atoms with Crippen LogP contribution >= 0.6 is 0 Å². The van der Waals surface area contributed by atoms with Gasteiger partial charge >= 0.3 is 11.9 Å². The molecule has 4 aliphatic rings. The van der Waals surface area contributed by atoms with Crippen LogP contribution in [0.4, 0.5) is 0 Å². The lowest BCUT2D eigenvalue weighted by Crippen LogP contribution is -2.74. The van der Waals surface area contributed by atoms with Crippen molar-refractivity contribution in [3.8, 4) is 11.5 Å². The minimum atomic E-state index is -1.42. The van der Waals surface area contributed by atoms with E-state index in [4.69, 9.17) is 14.2 Å². The molecule has 9 heteroatoms. The minimum Gasteiger partial charge on any atom is -0.504 e. The summed E-state index contributed by atoms with van der Waals surface area (Å²) < 4.78 is 17.5. The second-order valence-corrected chi connectivity index (χ2v) is 10.4. The smallest absolute Gasteiger partial charge is 0.357 e. The zero-order valence-electron chi connectivity index (χ0n) is 20.6.